The second-order valence-corrected chi connectivity index (χ2v) is 4.99. The van der Waals surface area contributed by atoms with E-state index in [0.717, 1.165) is 12.8 Å². The van der Waals surface area contributed by atoms with Crippen molar-refractivity contribution in [3.63, 3.8) is 0 Å². The normalized spacial score (nSPS) is 14.7. The molecule has 7 heteroatoms. The van der Waals surface area contributed by atoms with Crippen molar-refractivity contribution in [2.75, 3.05) is 13.2 Å². The van der Waals surface area contributed by atoms with E-state index < -0.39 is 5.91 Å². The van der Waals surface area contributed by atoms with E-state index in [1.807, 2.05) is 0 Å². The monoisotopic (exact) mass is 313 g/mol. The lowest BCUT2D eigenvalue weighted by molar-refractivity contribution is -0.119. The van der Waals surface area contributed by atoms with Crippen LogP contribution in [0.2, 0.25) is 0 Å². The maximum Gasteiger partial charge on any atom is 0.255 e. The second-order valence-electron chi connectivity index (χ2n) is 4.99. The molecule has 1 atom stereocenters. The van der Waals surface area contributed by atoms with E-state index >= 15 is 0 Å². The van der Waals surface area contributed by atoms with E-state index in [2.05, 4.69) is 5.32 Å². The fraction of sp³-hybridized carbons (Fsp3) is 0.429. The average molecular weight is 314 g/mol. The molecule has 2 amide bonds. The van der Waals surface area contributed by atoms with Gasteiger partial charge in [-0.25, -0.2) is 0 Å². The van der Waals surface area contributed by atoms with Gasteiger partial charge in [0.15, 0.2) is 6.61 Å². The van der Waals surface area contributed by atoms with Gasteiger partial charge in [-0.15, -0.1) is 12.4 Å². The molecule has 0 aromatic heterocycles. The Morgan fingerprint density at radius 2 is 1.90 bits per heavy atom. The molecule has 116 valence electrons. The van der Waals surface area contributed by atoms with Gasteiger partial charge in [-0.1, -0.05) is 0 Å². The molecular weight excluding hydrogens is 294 g/mol. The number of benzene rings is 1. The lowest BCUT2D eigenvalue weighted by Gasteiger charge is -2.11. The molecule has 0 heterocycles. The Morgan fingerprint density at radius 1 is 1.29 bits per heavy atom. The summed E-state index contributed by atoms with van der Waals surface area (Å²) in [5.41, 5.74) is 11.4. The highest BCUT2D eigenvalue weighted by Gasteiger charge is 2.28. The third-order valence-corrected chi connectivity index (χ3v) is 3.22. The molecule has 21 heavy (non-hydrogen) atoms. The first-order valence-corrected chi connectivity index (χ1v) is 6.61. The largest absolute Gasteiger partial charge is 0.484 e. The van der Waals surface area contributed by atoms with E-state index in [0.29, 0.717) is 23.8 Å². The predicted octanol–water partition coefficient (Wildman–Crippen LogP) is 0.440. The van der Waals surface area contributed by atoms with Crippen LogP contribution in [0.25, 0.3) is 0 Å². The smallest absolute Gasteiger partial charge is 0.255 e. The van der Waals surface area contributed by atoms with Crippen molar-refractivity contribution >= 4 is 24.2 Å². The van der Waals surface area contributed by atoms with Gasteiger partial charge >= 0.3 is 0 Å². The summed E-state index contributed by atoms with van der Waals surface area (Å²) in [6.07, 6.45) is 2.31. The quantitative estimate of drug-likeness (QED) is 0.678. The maximum absolute atomic E-state index is 11.9. The Hall–Kier alpha value is -1.79. The summed E-state index contributed by atoms with van der Waals surface area (Å²) in [6, 6.07) is 6.55. The Bertz CT molecular complexity index is 489. The minimum absolute atomic E-state index is 0. The van der Waals surface area contributed by atoms with Crippen LogP contribution in [0.15, 0.2) is 24.3 Å². The molecule has 1 aliphatic carbocycles. The summed E-state index contributed by atoms with van der Waals surface area (Å²) in [5.74, 6) is 0.346. The van der Waals surface area contributed by atoms with Gasteiger partial charge in [-0.05, 0) is 43.0 Å². The van der Waals surface area contributed by atoms with Crippen molar-refractivity contribution in [1.82, 2.24) is 5.32 Å². The summed E-state index contributed by atoms with van der Waals surface area (Å²) >= 11 is 0. The number of rotatable bonds is 7. The average Bonchev–Trinajstić information content (AvgIpc) is 3.27. The number of nitrogens with one attached hydrogen (secondary N) is 1. The van der Waals surface area contributed by atoms with Crippen molar-refractivity contribution in [2.24, 2.45) is 17.4 Å². The number of nitrogens with two attached hydrogens (primary N) is 2. The van der Waals surface area contributed by atoms with Gasteiger partial charge in [-0.2, -0.15) is 0 Å². The number of carbonyl (C=O) groups excluding carboxylic acids is 2. The molecule has 0 saturated heterocycles. The fourth-order valence-electron chi connectivity index (χ4n) is 1.86. The molecule has 1 aromatic rings. The fourth-order valence-corrected chi connectivity index (χ4v) is 1.86. The van der Waals surface area contributed by atoms with Crippen LogP contribution in [-0.4, -0.2) is 31.0 Å². The summed E-state index contributed by atoms with van der Waals surface area (Å²) in [4.78, 5) is 22.5. The van der Waals surface area contributed by atoms with Crippen LogP contribution in [-0.2, 0) is 4.79 Å². The van der Waals surface area contributed by atoms with Crippen LogP contribution in [0.5, 0.6) is 5.75 Å². The standard InChI is InChI=1S/C14H19N3O3.ClH/c15-12(9-1-2-9)7-17-14(19)10-3-5-11(6-4-10)20-8-13(16)18;/h3-6,9,12H,1-2,7-8,15H2,(H2,16,18)(H,17,19);1H. The zero-order chi connectivity index (χ0) is 14.5. The van der Waals surface area contributed by atoms with E-state index in [1.165, 1.54) is 0 Å². The SMILES string of the molecule is Cl.NC(=O)COc1ccc(C(=O)NCC(N)C2CC2)cc1. The number of halogens is 1. The van der Waals surface area contributed by atoms with Gasteiger partial charge in [0.2, 0.25) is 0 Å². The van der Waals surface area contributed by atoms with E-state index in [1.54, 1.807) is 24.3 Å². The molecule has 5 N–H and O–H groups in total. The van der Waals surface area contributed by atoms with Crippen molar-refractivity contribution < 1.29 is 14.3 Å². The molecule has 1 unspecified atom stereocenters. The van der Waals surface area contributed by atoms with Gasteiger partial charge in [0.05, 0.1) is 0 Å². The lowest BCUT2D eigenvalue weighted by Crippen LogP contribution is -2.38. The van der Waals surface area contributed by atoms with Gasteiger partial charge in [-0.3, -0.25) is 9.59 Å². The van der Waals surface area contributed by atoms with Crippen LogP contribution < -0.4 is 21.5 Å². The molecule has 1 saturated carbocycles. The van der Waals surface area contributed by atoms with Crippen molar-refractivity contribution in [2.45, 2.75) is 18.9 Å². The number of carbonyl (C=O) groups is 2. The zero-order valence-corrected chi connectivity index (χ0v) is 12.4. The van der Waals surface area contributed by atoms with Crippen LogP contribution in [0.1, 0.15) is 23.2 Å². The molecule has 1 aliphatic rings. The molecule has 0 aliphatic heterocycles. The predicted molar refractivity (Wildman–Crippen MR) is 81.4 cm³/mol. The maximum atomic E-state index is 11.9. The number of ether oxygens (including phenoxy) is 1. The number of primary amides is 1. The Kier molecular flexibility index (Phi) is 6.45. The second kappa shape index (κ2) is 7.85. The van der Waals surface area contributed by atoms with E-state index in [4.69, 9.17) is 16.2 Å². The summed E-state index contributed by atoms with van der Waals surface area (Å²) in [5, 5.41) is 2.81. The molecule has 0 radical (unpaired) electrons. The van der Waals surface area contributed by atoms with Crippen molar-refractivity contribution in [3.05, 3.63) is 29.8 Å². The minimum atomic E-state index is -0.541. The third kappa shape index (κ3) is 5.61. The van der Waals surface area contributed by atoms with E-state index in [9.17, 15) is 9.59 Å². The highest BCUT2D eigenvalue weighted by molar-refractivity contribution is 5.94. The molecule has 0 spiro atoms. The number of amides is 2. The Labute approximate surface area is 129 Å². The highest BCUT2D eigenvalue weighted by Crippen LogP contribution is 2.31. The summed E-state index contributed by atoms with van der Waals surface area (Å²) in [6.45, 7) is 0.311. The highest BCUT2D eigenvalue weighted by atomic mass is 35.5. The molecule has 1 fully saturated rings. The van der Waals surface area contributed by atoms with Crippen LogP contribution in [0.3, 0.4) is 0 Å². The molecule has 2 rings (SSSR count). The van der Waals surface area contributed by atoms with Gasteiger partial charge in [0.25, 0.3) is 11.8 Å². The minimum Gasteiger partial charge on any atom is -0.484 e. The first-order chi connectivity index (χ1) is 9.56. The van der Waals surface area contributed by atoms with Crippen LogP contribution in [0.4, 0.5) is 0 Å². The first-order valence-electron chi connectivity index (χ1n) is 6.61. The third-order valence-electron chi connectivity index (χ3n) is 3.22. The first kappa shape index (κ1) is 17.3. The van der Waals surface area contributed by atoms with E-state index in [-0.39, 0.29) is 31.0 Å². The van der Waals surface area contributed by atoms with Crippen molar-refractivity contribution in [1.29, 1.82) is 0 Å². The molecule has 0 bridgehead atoms. The Balaban J connectivity index is 0.00000220. The lowest BCUT2D eigenvalue weighted by atomic mass is 10.1. The molecule has 6 nitrogen and oxygen atoms in total. The van der Waals surface area contributed by atoms with Crippen molar-refractivity contribution in [3.8, 4) is 5.75 Å². The Morgan fingerprint density at radius 3 is 2.43 bits per heavy atom. The topological polar surface area (TPSA) is 107 Å². The van der Waals surface area contributed by atoms with Gasteiger partial charge in [0, 0.05) is 18.2 Å². The summed E-state index contributed by atoms with van der Waals surface area (Å²) < 4.78 is 5.11. The molecular formula is C14H20ClN3O3. The zero-order valence-electron chi connectivity index (χ0n) is 11.6. The number of hydrogen-bond donors (Lipinski definition) is 3. The van der Waals surface area contributed by atoms with Gasteiger partial charge in [0.1, 0.15) is 5.75 Å². The summed E-state index contributed by atoms with van der Waals surface area (Å²) in [7, 11) is 0. The molecule has 1 aromatic carbocycles. The van der Waals surface area contributed by atoms with Crippen LogP contribution >= 0.6 is 12.4 Å². The van der Waals surface area contributed by atoms with Gasteiger partial charge < -0.3 is 21.5 Å². The number of hydrogen-bond acceptors (Lipinski definition) is 4. The van der Waals surface area contributed by atoms with Crippen LogP contribution in [0, 0.1) is 5.92 Å².